The Morgan fingerprint density at radius 3 is 2.54 bits per heavy atom. The topological polar surface area (TPSA) is 77.5 Å². The second-order valence-electron chi connectivity index (χ2n) is 5.92. The number of methoxy groups -OCH3 is 1. The summed E-state index contributed by atoms with van der Waals surface area (Å²) in [4.78, 5) is 28.8. The van der Waals surface area contributed by atoms with E-state index in [1.807, 2.05) is 12.3 Å². The van der Waals surface area contributed by atoms with E-state index >= 15 is 0 Å². The number of para-hydroxylation sites is 1. The first-order valence-electron chi connectivity index (χ1n) is 8.77. The molecule has 0 radical (unpaired) electrons. The number of thiazole rings is 1. The molecule has 0 bridgehead atoms. The van der Waals surface area contributed by atoms with E-state index in [1.165, 1.54) is 18.4 Å². The summed E-state index contributed by atoms with van der Waals surface area (Å²) in [6.45, 7) is 2.02. The van der Waals surface area contributed by atoms with Crippen molar-refractivity contribution in [2.24, 2.45) is 0 Å². The van der Waals surface area contributed by atoms with Crippen LogP contribution in [0.5, 0.6) is 11.5 Å². The number of aryl methyl sites for hydroxylation is 1. The normalized spacial score (nSPS) is 10.4. The van der Waals surface area contributed by atoms with E-state index in [-0.39, 0.29) is 18.3 Å². The van der Waals surface area contributed by atoms with E-state index in [9.17, 15) is 9.59 Å². The Morgan fingerprint density at radius 2 is 1.86 bits per heavy atom. The van der Waals surface area contributed by atoms with Crippen molar-refractivity contribution in [3.63, 3.8) is 0 Å². The molecule has 3 aromatic rings. The Bertz CT molecular complexity index is 967. The van der Waals surface area contributed by atoms with E-state index in [1.54, 1.807) is 48.5 Å². The number of ether oxygens (including phenoxy) is 2. The van der Waals surface area contributed by atoms with Gasteiger partial charge in [-0.05, 0) is 42.8 Å². The maximum Gasteiger partial charge on any atom is 0.317 e. The first-order valence-corrected chi connectivity index (χ1v) is 9.65. The summed E-state index contributed by atoms with van der Waals surface area (Å²) in [7, 11) is 1.52. The zero-order valence-electron chi connectivity index (χ0n) is 15.6. The first-order chi connectivity index (χ1) is 13.6. The number of benzene rings is 2. The van der Waals surface area contributed by atoms with Gasteiger partial charge in [-0.2, -0.15) is 0 Å². The van der Waals surface area contributed by atoms with E-state index in [0.29, 0.717) is 28.4 Å². The smallest absolute Gasteiger partial charge is 0.317 e. The Labute approximate surface area is 167 Å². The number of carbonyl (C=O) groups excluding carboxylic acids is 2. The van der Waals surface area contributed by atoms with Gasteiger partial charge in [0, 0.05) is 11.1 Å². The van der Waals surface area contributed by atoms with Gasteiger partial charge in [0.15, 0.2) is 0 Å². The zero-order valence-corrected chi connectivity index (χ0v) is 16.4. The quantitative estimate of drug-likeness (QED) is 0.480. The van der Waals surface area contributed by atoms with E-state index in [4.69, 9.17) is 9.47 Å². The molecule has 0 saturated carbocycles. The molecule has 1 heterocycles. The van der Waals surface area contributed by atoms with Gasteiger partial charge in [-0.3, -0.25) is 9.59 Å². The SMILES string of the molecule is CCc1nc(CC(=O)Oc2ccc(NC(=O)c3ccccc3OC)cc2)cs1. The number of aromatic nitrogens is 1. The Morgan fingerprint density at radius 1 is 1.11 bits per heavy atom. The summed E-state index contributed by atoms with van der Waals surface area (Å²) in [5, 5.41) is 5.66. The lowest BCUT2D eigenvalue weighted by molar-refractivity contribution is -0.133. The average Bonchev–Trinajstić information content (AvgIpc) is 3.16. The molecular formula is C21H20N2O4S. The fraction of sp³-hybridized carbons (Fsp3) is 0.190. The van der Waals surface area contributed by atoms with Crippen LogP contribution in [0.3, 0.4) is 0 Å². The third-order valence-electron chi connectivity index (χ3n) is 3.92. The number of amides is 1. The molecule has 3 rings (SSSR count). The molecule has 1 N–H and O–H groups in total. The fourth-order valence-corrected chi connectivity index (χ4v) is 3.29. The van der Waals surface area contributed by atoms with Crippen molar-refractivity contribution in [1.29, 1.82) is 0 Å². The van der Waals surface area contributed by atoms with E-state index in [2.05, 4.69) is 10.3 Å². The number of nitrogens with zero attached hydrogens (tertiary/aromatic N) is 1. The van der Waals surface area contributed by atoms with Crippen LogP contribution in [0.15, 0.2) is 53.9 Å². The van der Waals surface area contributed by atoms with Crippen LogP contribution in [0, 0.1) is 0 Å². The maximum absolute atomic E-state index is 12.4. The summed E-state index contributed by atoms with van der Waals surface area (Å²) in [5.74, 6) is 0.251. The summed E-state index contributed by atoms with van der Waals surface area (Å²) >= 11 is 1.54. The number of esters is 1. The fourth-order valence-electron chi connectivity index (χ4n) is 2.54. The predicted molar refractivity (Wildman–Crippen MR) is 108 cm³/mol. The van der Waals surface area contributed by atoms with Crippen molar-refractivity contribution >= 4 is 28.9 Å². The molecule has 0 aliphatic heterocycles. The van der Waals surface area contributed by atoms with Crippen LogP contribution in [-0.2, 0) is 17.6 Å². The number of hydrogen-bond donors (Lipinski definition) is 1. The Kier molecular flexibility index (Phi) is 6.39. The van der Waals surface area contributed by atoms with Crippen molar-refractivity contribution in [2.75, 3.05) is 12.4 Å². The van der Waals surface area contributed by atoms with Crippen LogP contribution in [0.25, 0.3) is 0 Å². The number of nitrogens with one attached hydrogen (secondary N) is 1. The van der Waals surface area contributed by atoms with Gasteiger partial charge in [-0.1, -0.05) is 19.1 Å². The second kappa shape index (κ2) is 9.14. The van der Waals surface area contributed by atoms with Crippen LogP contribution in [0.1, 0.15) is 28.0 Å². The van der Waals surface area contributed by atoms with E-state index in [0.717, 1.165) is 11.4 Å². The van der Waals surface area contributed by atoms with Crippen LogP contribution in [0.2, 0.25) is 0 Å². The number of rotatable bonds is 7. The predicted octanol–water partition coefficient (Wildman–Crippen LogP) is 4.11. The highest BCUT2D eigenvalue weighted by molar-refractivity contribution is 7.09. The average molecular weight is 396 g/mol. The minimum absolute atomic E-state index is 0.128. The second-order valence-corrected chi connectivity index (χ2v) is 6.86. The highest BCUT2D eigenvalue weighted by atomic mass is 32.1. The molecule has 28 heavy (non-hydrogen) atoms. The van der Waals surface area contributed by atoms with Gasteiger partial charge in [0.05, 0.1) is 29.8 Å². The van der Waals surface area contributed by atoms with Crippen molar-refractivity contribution < 1.29 is 19.1 Å². The molecule has 144 valence electrons. The summed E-state index contributed by atoms with van der Waals surface area (Å²) in [6, 6.07) is 13.6. The van der Waals surface area contributed by atoms with Gasteiger partial charge in [0.25, 0.3) is 5.91 Å². The largest absolute Gasteiger partial charge is 0.496 e. The minimum Gasteiger partial charge on any atom is -0.496 e. The molecule has 0 fully saturated rings. The third kappa shape index (κ3) is 4.95. The molecule has 0 aliphatic carbocycles. The zero-order chi connectivity index (χ0) is 19.9. The molecule has 0 atom stereocenters. The Balaban J connectivity index is 1.58. The van der Waals surface area contributed by atoms with Gasteiger partial charge >= 0.3 is 5.97 Å². The minimum atomic E-state index is -0.376. The van der Waals surface area contributed by atoms with Crippen molar-refractivity contribution in [2.45, 2.75) is 19.8 Å². The van der Waals surface area contributed by atoms with Crippen molar-refractivity contribution in [3.8, 4) is 11.5 Å². The summed E-state index contributed by atoms with van der Waals surface area (Å²) < 4.78 is 10.5. The number of anilines is 1. The standard InChI is InChI=1S/C21H20N2O4S/c1-3-19-22-15(13-28-19)12-20(24)27-16-10-8-14(9-11-16)23-21(25)17-6-4-5-7-18(17)26-2/h4-11,13H,3,12H2,1-2H3,(H,23,25). The lowest BCUT2D eigenvalue weighted by Crippen LogP contribution is -2.13. The molecule has 0 saturated heterocycles. The van der Waals surface area contributed by atoms with E-state index < -0.39 is 0 Å². The van der Waals surface area contributed by atoms with Gasteiger partial charge in [-0.25, -0.2) is 4.98 Å². The van der Waals surface area contributed by atoms with Crippen molar-refractivity contribution in [3.05, 3.63) is 70.2 Å². The first kappa shape index (κ1) is 19.6. The van der Waals surface area contributed by atoms with Crippen LogP contribution >= 0.6 is 11.3 Å². The molecular weight excluding hydrogens is 376 g/mol. The van der Waals surface area contributed by atoms with Gasteiger partial charge in [0.1, 0.15) is 11.5 Å². The number of carbonyl (C=O) groups is 2. The molecule has 2 aromatic carbocycles. The molecule has 7 heteroatoms. The Hall–Kier alpha value is -3.19. The molecule has 0 spiro atoms. The lowest BCUT2D eigenvalue weighted by Gasteiger charge is -2.09. The maximum atomic E-state index is 12.4. The third-order valence-corrected chi connectivity index (χ3v) is 4.96. The van der Waals surface area contributed by atoms with Gasteiger partial charge in [-0.15, -0.1) is 11.3 Å². The molecule has 1 amide bonds. The van der Waals surface area contributed by atoms with Gasteiger partial charge < -0.3 is 14.8 Å². The van der Waals surface area contributed by atoms with Crippen LogP contribution in [0.4, 0.5) is 5.69 Å². The lowest BCUT2D eigenvalue weighted by atomic mass is 10.2. The monoisotopic (exact) mass is 396 g/mol. The van der Waals surface area contributed by atoms with Crippen LogP contribution < -0.4 is 14.8 Å². The van der Waals surface area contributed by atoms with Crippen LogP contribution in [-0.4, -0.2) is 24.0 Å². The number of hydrogen-bond acceptors (Lipinski definition) is 6. The molecule has 6 nitrogen and oxygen atoms in total. The molecule has 0 aliphatic rings. The highest BCUT2D eigenvalue weighted by Gasteiger charge is 2.13. The summed E-state index contributed by atoms with van der Waals surface area (Å²) in [6.07, 6.45) is 0.977. The van der Waals surface area contributed by atoms with Crippen molar-refractivity contribution in [1.82, 2.24) is 4.98 Å². The molecule has 1 aromatic heterocycles. The summed E-state index contributed by atoms with van der Waals surface area (Å²) in [5.41, 5.74) is 1.74. The molecule has 0 unspecified atom stereocenters. The highest BCUT2D eigenvalue weighted by Crippen LogP contribution is 2.21. The van der Waals surface area contributed by atoms with Gasteiger partial charge in [0.2, 0.25) is 0 Å².